The van der Waals surface area contributed by atoms with Crippen molar-refractivity contribution in [3.63, 3.8) is 0 Å². The molecule has 30 heavy (non-hydrogen) atoms. The first-order chi connectivity index (χ1) is 14.8. The summed E-state index contributed by atoms with van der Waals surface area (Å²) in [6.07, 6.45) is 10.6. The predicted molar refractivity (Wildman–Crippen MR) is 123 cm³/mol. The molecular weight excluding hydrogens is 368 g/mol. The molecule has 2 fully saturated rings. The number of hydrogen-bond acceptors (Lipinski definition) is 3. The lowest BCUT2D eigenvalue weighted by atomic mass is 9.80. The van der Waals surface area contributed by atoms with Gasteiger partial charge < -0.3 is 10.0 Å². The lowest BCUT2D eigenvalue weighted by molar-refractivity contribution is 0.225. The molecule has 160 valence electrons. The monoisotopic (exact) mass is 404 g/mol. The molecule has 2 saturated heterocycles. The molecule has 0 spiro atoms. The van der Waals surface area contributed by atoms with Gasteiger partial charge in [0.1, 0.15) is 5.75 Å². The van der Waals surface area contributed by atoms with E-state index < -0.39 is 0 Å². The third-order valence-corrected chi connectivity index (χ3v) is 7.60. The number of aromatic hydroxyl groups is 1. The largest absolute Gasteiger partial charge is 0.508 e. The summed E-state index contributed by atoms with van der Waals surface area (Å²) in [7, 11) is 0. The van der Waals surface area contributed by atoms with Gasteiger partial charge in [0.25, 0.3) is 0 Å². The zero-order chi connectivity index (χ0) is 20.3. The number of benzene rings is 2. The first kappa shape index (κ1) is 20.1. The topological polar surface area (TPSA) is 26.7 Å². The van der Waals surface area contributed by atoms with Gasteiger partial charge >= 0.3 is 0 Å². The van der Waals surface area contributed by atoms with Crippen molar-refractivity contribution in [3.05, 3.63) is 64.7 Å². The molecular formula is C27H36N2O. The Morgan fingerprint density at radius 1 is 0.833 bits per heavy atom. The Morgan fingerprint density at radius 3 is 2.50 bits per heavy atom. The van der Waals surface area contributed by atoms with Gasteiger partial charge in [0.2, 0.25) is 0 Å². The molecule has 2 atom stereocenters. The van der Waals surface area contributed by atoms with Gasteiger partial charge in [-0.15, -0.1) is 0 Å². The maximum Gasteiger partial charge on any atom is 0.115 e. The van der Waals surface area contributed by atoms with Crippen LogP contribution in [0, 0.1) is 0 Å². The normalized spacial score (nSPS) is 24.5. The van der Waals surface area contributed by atoms with Crippen LogP contribution in [0.5, 0.6) is 5.75 Å². The number of fused-ring (bicyclic) bond motifs is 3. The molecule has 0 saturated carbocycles. The van der Waals surface area contributed by atoms with E-state index in [0.717, 1.165) is 6.54 Å². The number of rotatable bonds is 6. The maximum atomic E-state index is 9.71. The molecule has 3 heterocycles. The van der Waals surface area contributed by atoms with E-state index in [-0.39, 0.29) is 0 Å². The van der Waals surface area contributed by atoms with Crippen LogP contribution in [0.4, 0.5) is 0 Å². The predicted octanol–water partition coefficient (Wildman–Crippen LogP) is 5.48. The van der Waals surface area contributed by atoms with Crippen molar-refractivity contribution in [1.29, 1.82) is 0 Å². The van der Waals surface area contributed by atoms with Crippen LogP contribution in [0.1, 0.15) is 79.2 Å². The average Bonchev–Trinajstić information content (AvgIpc) is 3.26. The van der Waals surface area contributed by atoms with Crippen LogP contribution in [0.25, 0.3) is 0 Å². The summed E-state index contributed by atoms with van der Waals surface area (Å²) in [6, 6.07) is 15.8. The number of aryl methyl sites for hydroxylation is 1. The molecule has 3 aliphatic rings. The van der Waals surface area contributed by atoms with Crippen LogP contribution in [-0.4, -0.2) is 47.6 Å². The highest BCUT2D eigenvalue weighted by Gasteiger charge is 2.36. The molecule has 2 aromatic rings. The minimum Gasteiger partial charge on any atom is -0.508 e. The second-order valence-electron chi connectivity index (χ2n) is 9.62. The average molecular weight is 405 g/mol. The fraction of sp³-hybridized carbons (Fsp3) is 0.556. The van der Waals surface area contributed by atoms with Gasteiger partial charge in [0.15, 0.2) is 0 Å². The van der Waals surface area contributed by atoms with Gasteiger partial charge in [-0.2, -0.15) is 0 Å². The smallest absolute Gasteiger partial charge is 0.115 e. The first-order valence-corrected chi connectivity index (χ1v) is 12.2. The van der Waals surface area contributed by atoms with Crippen molar-refractivity contribution in [2.75, 3.05) is 32.7 Å². The van der Waals surface area contributed by atoms with Crippen LogP contribution in [0.2, 0.25) is 0 Å². The Morgan fingerprint density at radius 2 is 1.67 bits per heavy atom. The van der Waals surface area contributed by atoms with Crippen LogP contribution in [0.15, 0.2) is 42.5 Å². The summed E-state index contributed by atoms with van der Waals surface area (Å²) in [5.41, 5.74) is 5.94. The zero-order valence-electron chi connectivity index (χ0n) is 18.2. The van der Waals surface area contributed by atoms with E-state index in [1.807, 2.05) is 12.1 Å². The number of unbranched alkanes of at least 4 members (excludes halogenated alkanes) is 1. The molecule has 3 nitrogen and oxygen atoms in total. The minimum atomic E-state index is 0.355. The van der Waals surface area contributed by atoms with Crippen molar-refractivity contribution in [1.82, 2.24) is 9.80 Å². The van der Waals surface area contributed by atoms with Gasteiger partial charge in [0, 0.05) is 18.5 Å². The first-order valence-electron chi connectivity index (χ1n) is 12.2. The second-order valence-corrected chi connectivity index (χ2v) is 9.62. The summed E-state index contributed by atoms with van der Waals surface area (Å²) in [5, 5.41) is 9.71. The van der Waals surface area contributed by atoms with Gasteiger partial charge in [-0.05, 0) is 106 Å². The van der Waals surface area contributed by atoms with Crippen molar-refractivity contribution in [2.45, 2.75) is 63.3 Å². The maximum absolute atomic E-state index is 9.71. The minimum absolute atomic E-state index is 0.355. The number of hydrogen-bond donors (Lipinski definition) is 1. The second kappa shape index (κ2) is 9.11. The molecule has 1 N–H and O–H groups in total. The highest BCUT2D eigenvalue weighted by molar-refractivity contribution is 5.45. The molecule has 3 heteroatoms. The van der Waals surface area contributed by atoms with Crippen LogP contribution >= 0.6 is 0 Å². The lowest BCUT2D eigenvalue weighted by Crippen LogP contribution is -2.34. The summed E-state index contributed by atoms with van der Waals surface area (Å²) in [4.78, 5) is 5.36. The highest BCUT2D eigenvalue weighted by atomic mass is 16.3. The molecule has 2 unspecified atom stereocenters. The molecule has 0 amide bonds. The summed E-state index contributed by atoms with van der Waals surface area (Å²) in [6.45, 7) is 6.24. The SMILES string of the molecule is Oc1ccc(C2CN3CCCC3c3cc(CCCCN4CCCCC4)ccc32)cc1. The fourth-order valence-electron chi connectivity index (χ4n) is 5.95. The molecule has 3 aliphatic heterocycles. The Hall–Kier alpha value is -1.84. The number of nitrogens with zero attached hydrogens (tertiary/aromatic N) is 2. The Bertz CT molecular complexity index is 840. The molecule has 0 radical (unpaired) electrons. The van der Waals surface area contributed by atoms with Gasteiger partial charge in [-0.1, -0.05) is 36.8 Å². The van der Waals surface area contributed by atoms with E-state index in [1.165, 1.54) is 94.2 Å². The van der Waals surface area contributed by atoms with E-state index in [9.17, 15) is 5.11 Å². The Balaban J connectivity index is 1.29. The molecule has 0 bridgehead atoms. The van der Waals surface area contributed by atoms with E-state index in [0.29, 0.717) is 17.7 Å². The third-order valence-electron chi connectivity index (χ3n) is 7.60. The van der Waals surface area contributed by atoms with Crippen molar-refractivity contribution < 1.29 is 5.11 Å². The molecule has 5 rings (SSSR count). The fourth-order valence-corrected chi connectivity index (χ4v) is 5.95. The number of piperidine rings is 1. The summed E-state index contributed by atoms with van der Waals surface area (Å²) >= 11 is 0. The van der Waals surface area contributed by atoms with E-state index >= 15 is 0 Å². The molecule has 0 aromatic heterocycles. The lowest BCUT2D eigenvalue weighted by Gasteiger charge is -2.38. The van der Waals surface area contributed by atoms with E-state index in [1.54, 1.807) is 5.56 Å². The highest BCUT2D eigenvalue weighted by Crippen LogP contribution is 2.44. The summed E-state index contributed by atoms with van der Waals surface area (Å²) < 4.78 is 0. The third kappa shape index (κ3) is 4.29. The van der Waals surface area contributed by atoms with Gasteiger partial charge in [-0.25, -0.2) is 0 Å². The van der Waals surface area contributed by atoms with Crippen LogP contribution < -0.4 is 0 Å². The number of phenols is 1. The van der Waals surface area contributed by atoms with Crippen LogP contribution in [-0.2, 0) is 6.42 Å². The quantitative estimate of drug-likeness (QED) is 0.646. The van der Waals surface area contributed by atoms with Crippen molar-refractivity contribution in [3.8, 4) is 5.75 Å². The zero-order valence-corrected chi connectivity index (χ0v) is 18.2. The molecule has 0 aliphatic carbocycles. The van der Waals surface area contributed by atoms with Crippen LogP contribution in [0.3, 0.4) is 0 Å². The van der Waals surface area contributed by atoms with Gasteiger partial charge in [0.05, 0.1) is 0 Å². The van der Waals surface area contributed by atoms with E-state index in [4.69, 9.17) is 0 Å². The van der Waals surface area contributed by atoms with Gasteiger partial charge in [-0.3, -0.25) is 4.90 Å². The standard InChI is InChI=1S/C27H36N2O/c30-23-12-10-22(11-13-23)26-20-29-18-6-8-27(29)25-19-21(9-14-24(25)26)7-2-5-17-28-15-3-1-4-16-28/h9-14,19,26-27,30H,1-8,15-18,20H2. The van der Waals surface area contributed by atoms with Crippen molar-refractivity contribution >= 4 is 0 Å². The van der Waals surface area contributed by atoms with E-state index in [2.05, 4.69) is 40.1 Å². The van der Waals surface area contributed by atoms with Crippen molar-refractivity contribution in [2.24, 2.45) is 0 Å². The Kier molecular flexibility index (Phi) is 6.10. The number of phenolic OH excluding ortho intramolecular Hbond substituents is 1. The Labute approximate surface area is 181 Å². The summed E-state index contributed by atoms with van der Waals surface area (Å²) in [5.74, 6) is 0.775. The molecule has 2 aromatic carbocycles. The number of likely N-dealkylation sites (tertiary alicyclic amines) is 1.